The standard InChI is InChI=1S/C15H23NO/c1-12(16-11-15(2)9-4-10-15)13-5-7-14(17-3)8-6-13/h5-8,12,16H,4,9-11H2,1-3H3. The minimum Gasteiger partial charge on any atom is -0.497 e. The predicted octanol–water partition coefficient (Wildman–Crippen LogP) is 3.54. The summed E-state index contributed by atoms with van der Waals surface area (Å²) in [4.78, 5) is 0. The van der Waals surface area contributed by atoms with Gasteiger partial charge < -0.3 is 10.1 Å². The fourth-order valence-corrected chi connectivity index (χ4v) is 2.37. The van der Waals surface area contributed by atoms with Crippen molar-refractivity contribution >= 4 is 0 Å². The zero-order valence-corrected chi connectivity index (χ0v) is 11.1. The first-order valence-electron chi connectivity index (χ1n) is 6.50. The van der Waals surface area contributed by atoms with Crippen molar-refractivity contribution in [1.29, 1.82) is 0 Å². The summed E-state index contributed by atoms with van der Waals surface area (Å²) in [5.74, 6) is 0.923. The molecule has 1 aromatic rings. The summed E-state index contributed by atoms with van der Waals surface area (Å²) in [7, 11) is 1.70. The van der Waals surface area contributed by atoms with Crippen LogP contribution in [0.1, 0.15) is 44.7 Å². The van der Waals surface area contributed by atoms with Gasteiger partial charge in [-0.25, -0.2) is 0 Å². The van der Waals surface area contributed by atoms with Crippen molar-refractivity contribution in [3.05, 3.63) is 29.8 Å². The number of nitrogens with one attached hydrogen (secondary N) is 1. The first-order valence-corrected chi connectivity index (χ1v) is 6.50. The lowest BCUT2D eigenvalue weighted by atomic mass is 9.70. The van der Waals surface area contributed by atoms with E-state index in [2.05, 4.69) is 31.3 Å². The Bertz CT molecular complexity index is 354. The quantitative estimate of drug-likeness (QED) is 0.840. The molecule has 0 bridgehead atoms. The van der Waals surface area contributed by atoms with E-state index in [1.807, 2.05) is 12.1 Å². The summed E-state index contributed by atoms with van der Waals surface area (Å²) < 4.78 is 5.17. The van der Waals surface area contributed by atoms with Crippen molar-refractivity contribution in [3.63, 3.8) is 0 Å². The van der Waals surface area contributed by atoms with Gasteiger partial charge in [0.05, 0.1) is 7.11 Å². The molecule has 0 saturated heterocycles. The highest BCUT2D eigenvalue weighted by molar-refractivity contribution is 5.28. The predicted molar refractivity (Wildman–Crippen MR) is 71.4 cm³/mol. The molecule has 1 saturated carbocycles. The Morgan fingerprint density at radius 2 is 1.94 bits per heavy atom. The Labute approximate surface area is 104 Å². The van der Waals surface area contributed by atoms with Crippen LogP contribution >= 0.6 is 0 Å². The monoisotopic (exact) mass is 233 g/mol. The normalized spacial score (nSPS) is 19.5. The summed E-state index contributed by atoms with van der Waals surface area (Å²) in [6, 6.07) is 8.74. The van der Waals surface area contributed by atoms with Crippen molar-refractivity contribution in [2.75, 3.05) is 13.7 Å². The summed E-state index contributed by atoms with van der Waals surface area (Å²) in [5.41, 5.74) is 1.87. The Balaban J connectivity index is 1.87. The van der Waals surface area contributed by atoms with Crippen LogP contribution in [0.25, 0.3) is 0 Å². The van der Waals surface area contributed by atoms with Gasteiger partial charge in [-0.15, -0.1) is 0 Å². The van der Waals surface area contributed by atoms with Crippen LogP contribution in [-0.4, -0.2) is 13.7 Å². The Morgan fingerprint density at radius 3 is 2.41 bits per heavy atom. The van der Waals surface area contributed by atoms with Crippen molar-refractivity contribution in [2.24, 2.45) is 5.41 Å². The van der Waals surface area contributed by atoms with Crippen LogP contribution in [0.15, 0.2) is 24.3 Å². The maximum absolute atomic E-state index is 5.17. The molecule has 1 aliphatic rings. The second-order valence-electron chi connectivity index (χ2n) is 5.54. The highest BCUT2D eigenvalue weighted by Crippen LogP contribution is 2.39. The number of hydrogen-bond donors (Lipinski definition) is 1. The van der Waals surface area contributed by atoms with E-state index in [9.17, 15) is 0 Å². The van der Waals surface area contributed by atoms with Crippen molar-refractivity contribution in [1.82, 2.24) is 5.32 Å². The van der Waals surface area contributed by atoms with Gasteiger partial charge in [-0.3, -0.25) is 0 Å². The summed E-state index contributed by atoms with van der Waals surface area (Å²) in [6.07, 6.45) is 4.14. The molecule has 1 fully saturated rings. The number of rotatable bonds is 5. The molecule has 1 atom stereocenters. The minimum atomic E-state index is 0.415. The molecule has 17 heavy (non-hydrogen) atoms. The van der Waals surface area contributed by atoms with Crippen LogP contribution in [-0.2, 0) is 0 Å². The SMILES string of the molecule is COc1ccc(C(C)NCC2(C)CCC2)cc1. The molecule has 0 aliphatic heterocycles. The second kappa shape index (κ2) is 5.09. The first kappa shape index (κ1) is 12.4. The van der Waals surface area contributed by atoms with Crippen LogP contribution in [0.5, 0.6) is 5.75 Å². The van der Waals surface area contributed by atoms with E-state index in [0.29, 0.717) is 11.5 Å². The van der Waals surface area contributed by atoms with Gasteiger partial charge in [-0.2, -0.15) is 0 Å². The molecule has 94 valence electrons. The third-order valence-corrected chi connectivity index (χ3v) is 4.01. The lowest BCUT2D eigenvalue weighted by molar-refractivity contribution is 0.152. The first-order chi connectivity index (χ1) is 8.13. The van der Waals surface area contributed by atoms with Crippen molar-refractivity contribution in [2.45, 2.75) is 39.2 Å². The molecular weight excluding hydrogens is 210 g/mol. The number of ether oxygens (including phenoxy) is 1. The molecule has 2 heteroatoms. The number of methoxy groups -OCH3 is 1. The Morgan fingerprint density at radius 1 is 1.29 bits per heavy atom. The molecule has 0 spiro atoms. The molecular formula is C15H23NO. The van der Waals surface area contributed by atoms with Gasteiger partial charge in [0.15, 0.2) is 0 Å². The average Bonchev–Trinajstić information content (AvgIpc) is 2.33. The summed E-state index contributed by atoms with van der Waals surface area (Å²) >= 11 is 0. The molecule has 1 aromatic carbocycles. The highest BCUT2D eigenvalue weighted by atomic mass is 16.5. The van der Waals surface area contributed by atoms with Crippen LogP contribution in [0.2, 0.25) is 0 Å². The Hall–Kier alpha value is -1.02. The van der Waals surface area contributed by atoms with Gasteiger partial charge in [0, 0.05) is 12.6 Å². The van der Waals surface area contributed by atoms with E-state index >= 15 is 0 Å². The van der Waals surface area contributed by atoms with E-state index in [4.69, 9.17) is 4.74 Å². The average molecular weight is 233 g/mol. The molecule has 1 aliphatic carbocycles. The lowest BCUT2D eigenvalue weighted by Gasteiger charge is -2.39. The van der Waals surface area contributed by atoms with Gasteiger partial charge in [-0.1, -0.05) is 25.5 Å². The molecule has 0 aromatic heterocycles. The van der Waals surface area contributed by atoms with E-state index in [1.165, 1.54) is 24.8 Å². The highest BCUT2D eigenvalue weighted by Gasteiger charge is 2.31. The fourth-order valence-electron chi connectivity index (χ4n) is 2.37. The topological polar surface area (TPSA) is 21.3 Å². The van der Waals surface area contributed by atoms with Crippen LogP contribution in [0, 0.1) is 5.41 Å². The summed E-state index contributed by atoms with van der Waals surface area (Å²) in [6.45, 7) is 5.73. The second-order valence-corrected chi connectivity index (χ2v) is 5.54. The molecule has 2 rings (SSSR count). The molecule has 0 heterocycles. The molecule has 0 radical (unpaired) electrons. The van der Waals surface area contributed by atoms with E-state index < -0.39 is 0 Å². The third-order valence-electron chi connectivity index (χ3n) is 4.01. The van der Waals surface area contributed by atoms with E-state index in [0.717, 1.165) is 12.3 Å². The molecule has 2 nitrogen and oxygen atoms in total. The van der Waals surface area contributed by atoms with E-state index in [1.54, 1.807) is 7.11 Å². The maximum Gasteiger partial charge on any atom is 0.118 e. The van der Waals surface area contributed by atoms with Gasteiger partial charge >= 0.3 is 0 Å². The van der Waals surface area contributed by atoms with Crippen LogP contribution in [0.4, 0.5) is 0 Å². The van der Waals surface area contributed by atoms with Gasteiger partial charge in [0.2, 0.25) is 0 Å². The van der Waals surface area contributed by atoms with Gasteiger partial charge in [0.1, 0.15) is 5.75 Å². The van der Waals surface area contributed by atoms with Crippen molar-refractivity contribution < 1.29 is 4.74 Å². The molecule has 1 N–H and O–H groups in total. The van der Waals surface area contributed by atoms with Crippen molar-refractivity contribution in [3.8, 4) is 5.75 Å². The maximum atomic E-state index is 5.17. The zero-order chi connectivity index (χ0) is 12.3. The smallest absolute Gasteiger partial charge is 0.118 e. The third kappa shape index (κ3) is 3.01. The zero-order valence-electron chi connectivity index (χ0n) is 11.1. The Kier molecular flexibility index (Phi) is 3.72. The number of benzene rings is 1. The minimum absolute atomic E-state index is 0.415. The lowest BCUT2D eigenvalue weighted by Crippen LogP contribution is -2.38. The van der Waals surface area contributed by atoms with E-state index in [-0.39, 0.29) is 0 Å². The molecule has 0 amide bonds. The van der Waals surface area contributed by atoms with Gasteiger partial charge in [-0.05, 0) is 42.9 Å². The molecule has 1 unspecified atom stereocenters. The van der Waals surface area contributed by atoms with Crippen LogP contribution in [0.3, 0.4) is 0 Å². The van der Waals surface area contributed by atoms with Gasteiger partial charge in [0.25, 0.3) is 0 Å². The van der Waals surface area contributed by atoms with Crippen LogP contribution < -0.4 is 10.1 Å². The largest absolute Gasteiger partial charge is 0.497 e. The number of hydrogen-bond acceptors (Lipinski definition) is 2. The summed E-state index contributed by atoms with van der Waals surface area (Å²) in [5, 5.41) is 3.64. The fraction of sp³-hybridized carbons (Fsp3) is 0.600.